The van der Waals surface area contributed by atoms with E-state index in [0.717, 1.165) is 6.07 Å². The Morgan fingerprint density at radius 2 is 1.82 bits per heavy atom. The van der Waals surface area contributed by atoms with E-state index >= 15 is 0 Å². The summed E-state index contributed by atoms with van der Waals surface area (Å²) in [6.07, 6.45) is -4.20. The van der Waals surface area contributed by atoms with Gasteiger partial charge in [0.1, 0.15) is 0 Å². The van der Waals surface area contributed by atoms with Crippen LogP contribution in [0.15, 0.2) is 24.3 Å². The Bertz CT molecular complexity index is 383. The zero-order chi connectivity index (χ0) is 11.8. The number of alkyl halides is 3. The number of nitrogens with one attached hydrogen (secondary N) is 2. The van der Waals surface area contributed by atoms with E-state index in [1.165, 1.54) is 12.1 Å². The second-order valence-electron chi connectivity index (χ2n) is 3.77. The number of nitrogens with two attached hydrogens (primary N) is 1. The highest BCUT2D eigenvalue weighted by Crippen LogP contribution is 2.35. The summed E-state index contributed by atoms with van der Waals surface area (Å²) in [6, 6.07) is 5.14. The average molecular weight is 268 g/mol. The van der Waals surface area contributed by atoms with Crippen LogP contribution in [0.1, 0.15) is 23.6 Å². The van der Waals surface area contributed by atoms with Crippen molar-refractivity contribution in [1.29, 1.82) is 0 Å². The third-order valence-electron chi connectivity index (χ3n) is 2.57. The summed E-state index contributed by atoms with van der Waals surface area (Å²) >= 11 is 0. The molecule has 0 amide bonds. The van der Waals surface area contributed by atoms with Crippen molar-refractivity contribution >= 4 is 12.4 Å². The van der Waals surface area contributed by atoms with Gasteiger partial charge in [-0.2, -0.15) is 13.2 Å². The molecule has 2 unspecified atom stereocenters. The summed E-state index contributed by atoms with van der Waals surface area (Å²) in [5.74, 6) is 0. The summed E-state index contributed by atoms with van der Waals surface area (Å²) in [4.78, 5) is 0. The first-order chi connectivity index (χ1) is 7.48. The van der Waals surface area contributed by atoms with Crippen LogP contribution in [0, 0.1) is 0 Å². The molecule has 17 heavy (non-hydrogen) atoms. The van der Waals surface area contributed by atoms with Crippen molar-refractivity contribution in [3.63, 3.8) is 0 Å². The molecule has 0 spiro atoms. The van der Waals surface area contributed by atoms with E-state index in [2.05, 4.69) is 10.9 Å². The molecule has 2 rings (SSSR count). The molecule has 1 aromatic rings. The van der Waals surface area contributed by atoms with Gasteiger partial charge in [-0.05, 0) is 18.1 Å². The number of hydrogen-bond donors (Lipinski definition) is 3. The summed E-state index contributed by atoms with van der Waals surface area (Å²) in [7, 11) is 0. The fourth-order valence-corrected chi connectivity index (χ4v) is 1.84. The Labute approximate surface area is 103 Å². The van der Waals surface area contributed by atoms with Gasteiger partial charge in [-0.15, -0.1) is 12.4 Å². The molecule has 0 aliphatic carbocycles. The fraction of sp³-hybridized carbons (Fsp3) is 0.400. The predicted molar refractivity (Wildman–Crippen MR) is 60.3 cm³/mol. The molecule has 1 aliphatic heterocycles. The standard InChI is InChI=1S/C10H12F3N3.ClH/c11-10(12,13)7-4-2-1-3-6(7)8-5-9(14)16-15-8;/h1-4,8-9,15-16H,5,14H2;1H. The van der Waals surface area contributed by atoms with E-state index in [1.807, 2.05) is 0 Å². The van der Waals surface area contributed by atoms with Gasteiger partial charge < -0.3 is 5.73 Å². The Kier molecular flexibility index (Phi) is 4.37. The molecule has 0 aromatic heterocycles. The minimum absolute atomic E-state index is 0. The smallest absolute Gasteiger partial charge is 0.315 e. The summed E-state index contributed by atoms with van der Waals surface area (Å²) in [5, 5.41) is 0. The number of rotatable bonds is 1. The van der Waals surface area contributed by atoms with E-state index in [1.54, 1.807) is 6.07 Å². The molecular weight excluding hydrogens is 255 g/mol. The van der Waals surface area contributed by atoms with Gasteiger partial charge in [0.05, 0.1) is 11.7 Å². The highest BCUT2D eigenvalue weighted by Gasteiger charge is 2.36. The van der Waals surface area contributed by atoms with Crippen molar-refractivity contribution in [3.05, 3.63) is 35.4 Å². The highest BCUT2D eigenvalue weighted by molar-refractivity contribution is 5.85. The molecule has 1 aliphatic rings. The lowest BCUT2D eigenvalue weighted by molar-refractivity contribution is -0.138. The third-order valence-corrected chi connectivity index (χ3v) is 2.57. The van der Waals surface area contributed by atoms with Crippen LogP contribution in [0.4, 0.5) is 13.2 Å². The van der Waals surface area contributed by atoms with Gasteiger partial charge in [-0.3, -0.25) is 0 Å². The van der Waals surface area contributed by atoms with Crippen LogP contribution in [0.2, 0.25) is 0 Å². The largest absolute Gasteiger partial charge is 0.416 e. The third kappa shape index (κ3) is 3.10. The van der Waals surface area contributed by atoms with Gasteiger partial charge in [-0.25, -0.2) is 10.9 Å². The van der Waals surface area contributed by atoms with Crippen molar-refractivity contribution in [2.24, 2.45) is 5.73 Å². The first-order valence-corrected chi connectivity index (χ1v) is 4.91. The van der Waals surface area contributed by atoms with Crippen LogP contribution in [-0.2, 0) is 6.18 Å². The fourth-order valence-electron chi connectivity index (χ4n) is 1.84. The van der Waals surface area contributed by atoms with Crippen molar-refractivity contribution in [3.8, 4) is 0 Å². The lowest BCUT2D eigenvalue weighted by atomic mass is 9.98. The second-order valence-corrected chi connectivity index (χ2v) is 3.77. The predicted octanol–water partition coefficient (Wildman–Crippen LogP) is 1.95. The van der Waals surface area contributed by atoms with Gasteiger partial charge in [-0.1, -0.05) is 18.2 Å². The molecule has 7 heteroatoms. The Balaban J connectivity index is 0.00000144. The van der Waals surface area contributed by atoms with E-state index in [9.17, 15) is 13.2 Å². The van der Waals surface area contributed by atoms with E-state index in [-0.39, 0.29) is 24.1 Å². The van der Waals surface area contributed by atoms with E-state index < -0.39 is 17.8 Å². The Morgan fingerprint density at radius 3 is 2.35 bits per heavy atom. The quantitative estimate of drug-likeness (QED) is 0.729. The van der Waals surface area contributed by atoms with Gasteiger partial charge >= 0.3 is 6.18 Å². The lowest BCUT2D eigenvalue weighted by Gasteiger charge is -2.16. The van der Waals surface area contributed by atoms with Gasteiger partial charge in [0, 0.05) is 6.04 Å². The first kappa shape index (κ1) is 14.2. The summed E-state index contributed by atoms with van der Waals surface area (Å²) in [5.41, 5.74) is 10.7. The second kappa shape index (κ2) is 5.22. The maximum Gasteiger partial charge on any atom is 0.416 e. The molecule has 2 atom stereocenters. The molecular formula is C10H13ClF3N3. The molecule has 0 saturated carbocycles. The van der Waals surface area contributed by atoms with Crippen molar-refractivity contribution in [2.45, 2.75) is 24.8 Å². The number of halogens is 4. The number of benzene rings is 1. The molecule has 1 aromatic carbocycles. The maximum atomic E-state index is 12.7. The van der Waals surface area contributed by atoms with Crippen molar-refractivity contribution < 1.29 is 13.2 Å². The number of hydrazine groups is 1. The van der Waals surface area contributed by atoms with Crippen LogP contribution >= 0.6 is 12.4 Å². The van der Waals surface area contributed by atoms with Crippen molar-refractivity contribution in [1.82, 2.24) is 10.9 Å². The number of hydrogen-bond acceptors (Lipinski definition) is 3. The molecule has 0 radical (unpaired) electrons. The van der Waals surface area contributed by atoms with Gasteiger partial charge in [0.25, 0.3) is 0 Å². The monoisotopic (exact) mass is 267 g/mol. The summed E-state index contributed by atoms with van der Waals surface area (Å²) < 4.78 is 38.2. The Hall–Kier alpha value is -0.820. The molecule has 96 valence electrons. The molecule has 3 nitrogen and oxygen atoms in total. The molecule has 0 bridgehead atoms. The molecule has 1 fully saturated rings. The van der Waals surface area contributed by atoms with Gasteiger partial charge in [0.15, 0.2) is 0 Å². The van der Waals surface area contributed by atoms with Crippen LogP contribution in [0.5, 0.6) is 0 Å². The first-order valence-electron chi connectivity index (χ1n) is 4.91. The SMILES string of the molecule is Cl.NC1CC(c2ccccc2C(F)(F)F)NN1. The molecule has 1 heterocycles. The topological polar surface area (TPSA) is 50.1 Å². The van der Waals surface area contributed by atoms with E-state index in [4.69, 9.17) is 5.73 Å². The normalized spacial score (nSPS) is 24.5. The van der Waals surface area contributed by atoms with Crippen LogP contribution < -0.4 is 16.6 Å². The molecule has 1 saturated heterocycles. The average Bonchev–Trinajstić information content (AvgIpc) is 2.64. The van der Waals surface area contributed by atoms with Gasteiger partial charge in [0.2, 0.25) is 0 Å². The van der Waals surface area contributed by atoms with Crippen LogP contribution in [-0.4, -0.2) is 6.17 Å². The maximum absolute atomic E-state index is 12.7. The van der Waals surface area contributed by atoms with E-state index in [0.29, 0.717) is 6.42 Å². The minimum Gasteiger partial charge on any atom is -0.315 e. The van der Waals surface area contributed by atoms with Crippen LogP contribution in [0.25, 0.3) is 0 Å². The van der Waals surface area contributed by atoms with Crippen LogP contribution in [0.3, 0.4) is 0 Å². The zero-order valence-electron chi connectivity index (χ0n) is 8.79. The Morgan fingerprint density at radius 1 is 1.18 bits per heavy atom. The summed E-state index contributed by atoms with van der Waals surface area (Å²) in [6.45, 7) is 0. The minimum atomic E-state index is -4.33. The highest BCUT2D eigenvalue weighted by atomic mass is 35.5. The molecule has 4 N–H and O–H groups in total. The zero-order valence-corrected chi connectivity index (χ0v) is 9.61. The lowest BCUT2D eigenvalue weighted by Crippen LogP contribution is -2.36. The van der Waals surface area contributed by atoms with Crippen molar-refractivity contribution in [2.75, 3.05) is 0 Å².